The second kappa shape index (κ2) is 19.6. The molecule has 6 N–H and O–H groups in total. The van der Waals surface area contributed by atoms with Gasteiger partial charge in [-0.15, -0.1) is 0 Å². The first kappa shape index (κ1) is 39.0. The Morgan fingerprint density at radius 2 is 0.836 bits per heavy atom. The maximum atomic E-state index is 13.0. The minimum absolute atomic E-state index is 0.0778. The number of carbonyl (C=O) groups excluding carboxylic acids is 1. The SMILES string of the molecule is O=C(O)NCCC[C@@H](CNC(=O)c1cc(-c2ccccc2)cc(-c2ccccc2)c1)NC(=O)O.O=C(O)c1cc(-c2ccccc2)cc(-c2ccccc2)c1. The van der Waals surface area contributed by atoms with Crippen molar-refractivity contribution in [2.75, 3.05) is 13.1 Å². The molecular formula is C45H41N3O7. The molecule has 0 aliphatic rings. The van der Waals surface area contributed by atoms with Crippen LogP contribution in [0.3, 0.4) is 0 Å². The van der Waals surface area contributed by atoms with Crippen LogP contribution < -0.4 is 16.0 Å². The van der Waals surface area contributed by atoms with E-state index in [9.17, 15) is 24.3 Å². The molecule has 1 atom stereocenters. The molecule has 0 bridgehead atoms. The number of aromatic carboxylic acids is 1. The third kappa shape index (κ3) is 11.9. The number of benzene rings is 6. The zero-order valence-electron chi connectivity index (χ0n) is 29.9. The van der Waals surface area contributed by atoms with Gasteiger partial charge in [0.2, 0.25) is 0 Å². The molecule has 3 amide bonds. The summed E-state index contributed by atoms with van der Waals surface area (Å²) in [5.41, 5.74) is 8.35. The Bertz CT molecular complexity index is 2080. The Morgan fingerprint density at radius 1 is 0.455 bits per heavy atom. The molecule has 0 saturated heterocycles. The standard InChI is InChI=1S/C26H27N3O5.C19H14O2/c30-24(28-17-23(29-26(33)34)12-7-13-27-25(31)32)22-15-20(18-8-3-1-4-9-18)14-21(16-22)19-10-5-2-6-11-19;20-19(21)18-12-16(14-7-3-1-4-8-14)11-17(13-18)15-9-5-2-6-10-15/h1-6,8-11,14-16,23,27,29H,7,12-13,17H2,(H,28,30)(H,31,32)(H,33,34);1-13H,(H,20,21)/t23-;/m0./s1. The largest absolute Gasteiger partial charge is 0.478 e. The van der Waals surface area contributed by atoms with E-state index >= 15 is 0 Å². The van der Waals surface area contributed by atoms with Gasteiger partial charge >= 0.3 is 18.2 Å². The molecule has 0 saturated carbocycles. The average molecular weight is 736 g/mol. The molecular weight excluding hydrogens is 695 g/mol. The predicted octanol–water partition coefficient (Wildman–Crippen LogP) is 9.15. The highest BCUT2D eigenvalue weighted by Gasteiger charge is 2.16. The van der Waals surface area contributed by atoms with E-state index in [2.05, 4.69) is 16.0 Å². The zero-order valence-corrected chi connectivity index (χ0v) is 29.9. The van der Waals surface area contributed by atoms with E-state index in [0.29, 0.717) is 24.0 Å². The topological polar surface area (TPSA) is 165 Å². The number of carboxylic acid groups (broad SMARTS) is 3. The monoisotopic (exact) mass is 735 g/mol. The molecule has 0 aliphatic heterocycles. The second-order valence-corrected chi connectivity index (χ2v) is 12.6. The Labute approximate surface area is 319 Å². The van der Waals surface area contributed by atoms with Crippen LogP contribution >= 0.6 is 0 Å². The summed E-state index contributed by atoms with van der Waals surface area (Å²) in [6, 6.07) is 49.7. The lowest BCUT2D eigenvalue weighted by Gasteiger charge is -2.18. The Balaban J connectivity index is 0.000000235. The van der Waals surface area contributed by atoms with Crippen molar-refractivity contribution in [3.8, 4) is 44.5 Å². The number of hydrogen-bond acceptors (Lipinski definition) is 4. The summed E-state index contributed by atoms with van der Waals surface area (Å²) >= 11 is 0. The molecule has 0 fully saturated rings. The molecule has 0 spiro atoms. The molecule has 0 aromatic heterocycles. The van der Waals surface area contributed by atoms with Crippen molar-refractivity contribution in [3.63, 3.8) is 0 Å². The molecule has 278 valence electrons. The Morgan fingerprint density at radius 3 is 1.18 bits per heavy atom. The van der Waals surface area contributed by atoms with E-state index in [0.717, 1.165) is 44.5 Å². The smallest absolute Gasteiger partial charge is 0.404 e. The fraction of sp³-hybridized carbons (Fsp3) is 0.111. The third-order valence-corrected chi connectivity index (χ3v) is 8.65. The van der Waals surface area contributed by atoms with Gasteiger partial charge in [0.15, 0.2) is 0 Å². The minimum atomic E-state index is -1.21. The molecule has 0 radical (unpaired) electrons. The summed E-state index contributed by atoms with van der Waals surface area (Å²) < 4.78 is 0. The second-order valence-electron chi connectivity index (χ2n) is 12.6. The lowest BCUT2D eigenvalue weighted by Crippen LogP contribution is -2.43. The number of nitrogens with one attached hydrogen (secondary N) is 3. The van der Waals surface area contributed by atoms with Crippen molar-refractivity contribution >= 4 is 24.1 Å². The number of rotatable bonds is 13. The highest BCUT2D eigenvalue weighted by atomic mass is 16.4. The van der Waals surface area contributed by atoms with Crippen LogP contribution in [0.2, 0.25) is 0 Å². The van der Waals surface area contributed by atoms with Crippen LogP contribution in [0.1, 0.15) is 33.6 Å². The first-order valence-corrected chi connectivity index (χ1v) is 17.7. The van der Waals surface area contributed by atoms with Gasteiger partial charge in [-0.05, 0) is 93.7 Å². The zero-order chi connectivity index (χ0) is 39.0. The average Bonchev–Trinajstić information content (AvgIpc) is 3.22. The first-order chi connectivity index (χ1) is 26.7. The van der Waals surface area contributed by atoms with Crippen LogP contribution in [-0.4, -0.2) is 58.5 Å². The molecule has 6 aromatic rings. The van der Waals surface area contributed by atoms with Crippen LogP contribution in [-0.2, 0) is 0 Å². The highest BCUT2D eigenvalue weighted by molar-refractivity contribution is 5.97. The summed E-state index contributed by atoms with van der Waals surface area (Å²) in [5, 5.41) is 34.5. The molecule has 10 heteroatoms. The minimum Gasteiger partial charge on any atom is -0.478 e. The van der Waals surface area contributed by atoms with E-state index < -0.39 is 24.2 Å². The number of hydrogen-bond donors (Lipinski definition) is 6. The van der Waals surface area contributed by atoms with Gasteiger partial charge in [-0.2, -0.15) is 0 Å². The van der Waals surface area contributed by atoms with Crippen molar-refractivity contribution in [1.29, 1.82) is 0 Å². The summed E-state index contributed by atoms with van der Waals surface area (Å²) in [6.45, 7) is 0.273. The van der Waals surface area contributed by atoms with Crippen LogP contribution in [0.15, 0.2) is 158 Å². The Kier molecular flexibility index (Phi) is 13.9. The van der Waals surface area contributed by atoms with Gasteiger partial charge in [-0.1, -0.05) is 121 Å². The first-order valence-electron chi connectivity index (χ1n) is 17.7. The molecule has 0 unspecified atom stereocenters. The van der Waals surface area contributed by atoms with E-state index in [1.165, 1.54) is 0 Å². The van der Waals surface area contributed by atoms with E-state index in [4.69, 9.17) is 10.2 Å². The lowest BCUT2D eigenvalue weighted by atomic mass is 9.96. The van der Waals surface area contributed by atoms with Crippen molar-refractivity contribution in [2.24, 2.45) is 0 Å². The van der Waals surface area contributed by atoms with E-state index in [1.54, 1.807) is 12.1 Å². The van der Waals surface area contributed by atoms with Gasteiger partial charge < -0.3 is 31.3 Å². The van der Waals surface area contributed by atoms with Crippen molar-refractivity contribution in [1.82, 2.24) is 16.0 Å². The fourth-order valence-corrected chi connectivity index (χ4v) is 5.96. The van der Waals surface area contributed by atoms with Crippen molar-refractivity contribution in [3.05, 3.63) is 169 Å². The molecule has 6 aromatic carbocycles. The predicted molar refractivity (Wildman–Crippen MR) is 214 cm³/mol. The summed E-state index contributed by atoms with van der Waals surface area (Å²) in [5.74, 6) is -1.24. The Hall–Kier alpha value is -7.20. The molecule has 6 rings (SSSR count). The van der Waals surface area contributed by atoms with Crippen molar-refractivity contribution < 1.29 is 34.5 Å². The van der Waals surface area contributed by atoms with Gasteiger partial charge in [0.05, 0.1) is 5.56 Å². The maximum Gasteiger partial charge on any atom is 0.404 e. The fourth-order valence-electron chi connectivity index (χ4n) is 5.96. The van der Waals surface area contributed by atoms with Gasteiger partial charge in [-0.3, -0.25) is 4.79 Å². The number of carbonyl (C=O) groups is 4. The molecule has 0 heterocycles. The quantitative estimate of drug-likeness (QED) is 0.0644. The number of carboxylic acids is 1. The summed E-state index contributed by atoms with van der Waals surface area (Å²) in [6.07, 6.45) is -1.55. The van der Waals surface area contributed by atoms with Gasteiger partial charge in [0.25, 0.3) is 5.91 Å². The highest BCUT2D eigenvalue weighted by Crippen LogP contribution is 2.30. The molecule has 55 heavy (non-hydrogen) atoms. The van der Waals surface area contributed by atoms with Gasteiger partial charge in [0, 0.05) is 24.7 Å². The van der Waals surface area contributed by atoms with Crippen LogP contribution in [0.5, 0.6) is 0 Å². The van der Waals surface area contributed by atoms with Crippen LogP contribution in [0.25, 0.3) is 44.5 Å². The van der Waals surface area contributed by atoms with E-state index in [-0.39, 0.29) is 19.0 Å². The lowest BCUT2D eigenvalue weighted by molar-refractivity contribution is 0.0696. The van der Waals surface area contributed by atoms with E-state index in [1.807, 2.05) is 146 Å². The maximum absolute atomic E-state index is 13.0. The van der Waals surface area contributed by atoms with Crippen LogP contribution in [0, 0.1) is 0 Å². The third-order valence-electron chi connectivity index (χ3n) is 8.65. The molecule has 10 nitrogen and oxygen atoms in total. The number of amides is 3. The van der Waals surface area contributed by atoms with Crippen LogP contribution in [0.4, 0.5) is 9.59 Å². The van der Waals surface area contributed by atoms with Gasteiger partial charge in [-0.25, -0.2) is 14.4 Å². The summed E-state index contributed by atoms with van der Waals surface area (Å²) in [4.78, 5) is 46.1. The molecule has 0 aliphatic carbocycles. The van der Waals surface area contributed by atoms with Gasteiger partial charge in [0.1, 0.15) is 0 Å². The normalized spacial score (nSPS) is 10.9. The van der Waals surface area contributed by atoms with Crippen molar-refractivity contribution in [2.45, 2.75) is 18.9 Å². The summed E-state index contributed by atoms with van der Waals surface area (Å²) in [7, 11) is 0.